The fourth-order valence-corrected chi connectivity index (χ4v) is 3.70. The highest BCUT2D eigenvalue weighted by atomic mass is 35.5. The quantitative estimate of drug-likeness (QED) is 0.358. The number of fused-ring (bicyclic) bond motifs is 1. The summed E-state index contributed by atoms with van der Waals surface area (Å²) in [7, 11) is 2.99. The minimum absolute atomic E-state index is 0.0511. The second kappa shape index (κ2) is 8.66. The number of carbonyl (C=O) groups is 1. The monoisotopic (exact) mass is 434 g/mol. The molecule has 0 saturated heterocycles. The first-order valence-electron chi connectivity index (χ1n) is 8.70. The summed E-state index contributed by atoms with van der Waals surface area (Å²) >= 11 is 6.99. The second-order valence-electron chi connectivity index (χ2n) is 6.15. The molecule has 2 heterocycles. The SMILES string of the molecule is CCn1c(SCC(=O)N/N=C/c2ccc(Cl)cc2)nc2c1c(=O)n(C)c(=O)n2C. The molecule has 9 nitrogen and oxygen atoms in total. The van der Waals surface area contributed by atoms with Gasteiger partial charge in [0.25, 0.3) is 11.5 Å². The number of thioether (sulfide) groups is 1. The molecule has 152 valence electrons. The van der Waals surface area contributed by atoms with Gasteiger partial charge in [-0.25, -0.2) is 15.2 Å². The van der Waals surface area contributed by atoms with Crippen molar-refractivity contribution in [3.63, 3.8) is 0 Å². The molecule has 0 aliphatic heterocycles. The number of benzene rings is 1. The summed E-state index contributed by atoms with van der Waals surface area (Å²) in [6.45, 7) is 2.34. The van der Waals surface area contributed by atoms with Gasteiger partial charge in [0.2, 0.25) is 0 Å². The van der Waals surface area contributed by atoms with Crippen molar-refractivity contribution in [1.82, 2.24) is 24.1 Å². The third-order valence-electron chi connectivity index (χ3n) is 4.23. The molecule has 2 aromatic heterocycles. The zero-order valence-corrected chi connectivity index (χ0v) is 17.6. The van der Waals surface area contributed by atoms with Crippen LogP contribution in [0, 0.1) is 0 Å². The summed E-state index contributed by atoms with van der Waals surface area (Å²) in [4.78, 5) is 41.1. The molecule has 1 aromatic carbocycles. The lowest BCUT2D eigenvalue weighted by molar-refractivity contribution is -0.118. The van der Waals surface area contributed by atoms with Crippen LogP contribution in [0.3, 0.4) is 0 Å². The van der Waals surface area contributed by atoms with E-state index in [1.807, 2.05) is 6.92 Å². The van der Waals surface area contributed by atoms with Gasteiger partial charge >= 0.3 is 5.69 Å². The first-order chi connectivity index (χ1) is 13.8. The molecule has 11 heteroatoms. The molecule has 0 saturated carbocycles. The number of hydrogen-bond donors (Lipinski definition) is 1. The molecule has 3 rings (SSSR count). The van der Waals surface area contributed by atoms with Crippen molar-refractivity contribution in [2.24, 2.45) is 19.2 Å². The molecule has 0 aliphatic rings. The Morgan fingerprint density at radius 3 is 2.59 bits per heavy atom. The van der Waals surface area contributed by atoms with Crippen molar-refractivity contribution >= 4 is 46.6 Å². The number of amides is 1. The van der Waals surface area contributed by atoms with Crippen LogP contribution in [-0.2, 0) is 25.4 Å². The van der Waals surface area contributed by atoms with Crippen molar-refractivity contribution in [3.05, 3.63) is 55.7 Å². The van der Waals surface area contributed by atoms with Gasteiger partial charge in [0.05, 0.1) is 12.0 Å². The van der Waals surface area contributed by atoms with E-state index in [-0.39, 0.29) is 11.7 Å². The molecule has 0 atom stereocenters. The van der Waals surface area contributed by atoms with Crippen LogP contribution in [0.5, 0.6) is 0 Å². The molecule has 0 bridgehead atoms. The van der Waals surface area contributed by atoms with E-state index >= 15 is 0 Å². The van der Waals surface area contributed by atoms with Gasteiger partial charge in [-0.2, -0.15) is 5.10 Å². The van der Waals surface area contributed by atoms with Crippen LogP contribution in [0.4, 0.5) is 0 Å². The fraction of sp³-hybridized carbons (Fsp3) is 0.278. The van der Waals surface area contributed by atoms with Gasteiger partial charge in [-0.3, -0.25) is 18.7 Å². The smallest absolute Gasteiger partial charge is 0.313 e. The molecular formula is C18H19ClN6O3S. The molecule has 3 aromatic rings. The standard InChI is InChI=1S/C18H19ClN6O3S/c1-4-25-14-15(23(2)18(28)24(3)16(14)27)21-17(25)29-10-13(26)22-20-9-11-5-7-12(19)8-6-11/h5-9H,4,10H2,1-3H3,(H,22,26)/b20-9+. The van der Waals surface area contributed by atoms with Crippen LogP contribution in [0.15, 0.2) is 44.1 Å². The maximum absolute atomic E-state index is 12.5. The Labute approximate surface area is 175 Å². The number of nitrogens with one attached hydrogen (secondary N) is 1. The summed E-state index contributed by atoms with van der Waals surface area (Å²) < 4.78 is 4.07. The number of carbonyl (C=O) groups excluding carboxylic acids is 1. The summed E-state index contributed by atoms with van der Waals surface area (Å²) in [5.41, 5.74) is 3.01. The van der Waals surface area contributed by atoms with Gasteiger partial charge < -0.3 is 4.57 Å². The van der Waals surface area contributed by atoms with Gasteiger partial charge in [0.1, 0.15) is 0 Å². The summed E-state index contributed by atoms with van der Waals surface area (Å²) in [6, 6.07) is 7.02. The van der Waals surface area contributed by atoms with E-state index in [9.17, 15) is 14.4 Å². The third-order valence-corrected chi connectivity index (χ3v) is 5.46. The predicted octanol–water partition coefficient (Wildman–Crippen LogP) is 1.35. The summed E-state index contributed by atoms with van der Waals surface area (Å²) in [6.07, 6.45) is 1.51. The highest BCUT2D eigenvalue weighted by molar-refractivity contribution is 7.99. The lowest BCUT2D eigenvalue weighted by atomic mass is 10.2. The first kappa shape index (κ1) is 20.9. The van der Waals surface area contributed by atoms with Gasteiger partial charge in [0, 0.05) is 25.7 Å². The van der Waals surface area contributed by atoms with E-state index in [0.717, 1.165) is 10.1 Å². The van der Waals surface area contributed by atoms with Crippen LogP contribution >= 0.6 is 23.4 Å². The number of imidazole rings is 1. The van der Waals surface area contributed by atoms with Crippen LogP contribution in [0.2, 0.25) is 5.02 Å². The zero-order chi connectivity index (χ0) is 21.1. The molecule has 0 fully saturated rings. The minimum Gasteiger partial charge on any atom is -0.313 e. The highest BCUT2D eigenvalue weighted by Crippen LogP contribution is 2.21. The average Bonchev–Trinajstić information content (AvgIpc) is 3.09. The molecular weight excluding hydrogens is 416 g/mol. The second-order valence-corrected chi connectivity index (χ2v) is 7.53. The van der Waals surface area contributed by atoms with E-state index in [1.165, 1.54) is 29.6 Å². The molecule has 29 heavy (non-hydrogen) atoms. The Morgan fingerprint density at radius 2 is 1.93 bits per heavy atom. The van der Waals surface area contributed by atoms with Crippen LogP contribution in [0.25, 0.3) is 11.2 Å². The number of halogens is 1. The van der Waals surface area contributed by atoms with Crippen molar-refractivity contribution in [3.8, 4) is 0 Å². The Kier molecular flexibility index (Phi) is 6.23. The number of hydrogen-bond acceptors (Lipinski definition) is 6. The Bertz CT molecular complexity index is 1210. The molecule has 1 amide bonds. The van der Waals surface area contributed by atoms with Crippen molar-refractivity contribution in [2.75, 3.05) is 5.75 Å². The number of aromatic nitrogens is 4. The molecule has 0 aliphatic carbocycles. The maximum atomic E-state index is 12.5. The lowest BCUT2D eigenvalue weighted by Gasteiger charge is -2.06. The van der Waals surface area contributed by atoms with Crippen LogP contribution < -0.4 is 16.7 Å². The van der Waals surface area contributed by atoms with Crippen molar-refractivity contribution in [1.29, 1.82) is 0 Å². The average molecular weight is 435 g/mol. The number of rotatable bonds is 6. The van der Waals surface area contributed by atoms with Gasteiger partial charge in [-0.1, -0.05) is 35.5 Å². The van der Waals surface area contributed by atoms with E-state index in [4.69, 9.17) is 11.6 Å². The summed E-state index contributed by atoms with van der Waals surface area (Å²) in [5, 5.41) is 5.02. The highest BCUT2D eigenvalue weighted by Gasteiger charge is 2.19. The van der Waals surface area contributed by atoms with Gasteiger partial charge in [-0.15, -0.1) is 0 Å². The van der Waals surface area contributed by atoms with Crippen molar-refractivity contribution in [2.45, 2.75) is 18.6 Å². The molecule has 0 unspecified atom stereocenters. The minimum atomic E-state index is -0.450. The molecule has 0 radical (unpaired) electrons. The summed E-state index contributed by atoms with van der Waals surface area (Å²) in [5.74, 6) is -0.271. The number of aryl methyl sites for hydroxylation is 2. The zero-order valence-electron chi connectivity index (χ0n) is 16.0. The van der Waals surface area contributed by atoms with Crippen LogP contribution in [0.1, 0.15) is 12.5 Å². The van der Waals surface area contributed by atoms with E-state index < -0.39 is 11.2 Å². The first-order valence-corrected chi connectivity index (χ1v) is 10.1. The lowest BCUT2D eigenvalue weighted by Crippen LogP contribution is -2.37. The van der Waals surface area contributed by atoms with E-state index in [1.54, 1.807) is 35.9 Å². The maximum Gasteiger partial charge on any atom is 0.332 e. The van der Waals surface area contributed by atoms with Gasteiger partial charge in [-0.05, 0) is 24.6 Å². The fourth-order valence-electron chi connectivity index (χ4n) is 2.72. The largest absolute Gasteiger partial charge is 0.332 e. The predicted molar refractivity (Wildman–Crippen MR) is 114 cm³/mol. The Hall–Kier alpha value is -2.85. The Morgan fingerprint density at radius 1 is 1.24 bits per heavy atom. The number of nitrogens with zero attached hydrogens (tertiary/aromatic N) is 5. The van der Waals surface area contributed by atoms with Crippen LogP contribution in [-0.4, -0.2) is 36.6 Å². The Balaban J connectivity index is 1.75. The number of hydrazone groups is 1. The third kappa shape index (κ3) is 4.28. The van der Waals surface area contributed by atoms with E-state index in [0.29, 0.717) is 27.9 Å². The van der Waals surface area contributed by atoms with Crippen molar-refractivity contribution < 1.29 is 4.79 Å². The normalized spacial score (nSPS) is 11.4. The van der Waals surface area contributed by atoms with Gasteiger partial charge in [0.15, 0.2) is 16.3 Å². The van der Waals surface area contributed by atoms with E-state index in [2.05, 4.69) is 15.5 Å². The topological polar surface area (TPSA) is 103 Å². The molecule has 1 N–H and O–H groups in total. The molecule has 0 spiro atoms.